The number of carbonyl (C=O) groups is 2. The lowest BCUT2D eigenvalue weighted by Crippen LogP contribution is -2.57. The van der Waals surface area contributed by atoms with Gasteiger partial charge in [0, 0.05) is 18.8 Å². The standard InChI is InChI=1S/C18H18FN3O4/c19-13-1-3-14(4-2-13)22-15-7-12-5-6-21(17(25)26)10-18(12,16(23)24)8-11(15)9-20-22/h1-4,9,12H,5-8,10H2,(H,23,24)(H,25,26). The van der Waals surface area contributed by atoms with Gasteiger partial charge in [0.25, 0.3) is 0 Å². The molecule has 1 aromatic carbocycles. The number of piperidine rings is 1. The van der Waals surface area contributed by atoms with Crippen molar-refractivity contribution in [1.82, 2.24) is 14.7 Å². The summed E-state index contributed by atoms with van der Waals surface area (Å²) in [6.45, 7) is 0.318. The molecule has 8 heteroatoms. The molecule has 1 fully saturated rings. The van der Waals surface area contributed by atoms with Gasteiger partial charge in [-0.05, 0) is 55.0 Å². The third-order valence-corrected chi connectivity index (χ3v) is 5.67. The van der Waals surface area contributed by atoms with Gasteiger partial charge >= 0.3 is 12.1 Å². The molecule has 0 spiro atoms. The van der Waals surface area contributed by atoms with Crippen LogP contribution in [0.5, 0.6) is 0 Å². The monoisotopic (exact) mass is 359 g/mol. The first-order chi connectivity index (χ1) is 12.4. The summed E-state index contributed by atoms with van der Waals surface area (Å²) in [6, 6.07) is 5.99. The molecule has 2 N–H and O–H groups in total. The molecule has 1 aromatic heterocycles. The van der Waals surface area contributed by atoms with E-state index in [1.54, 1.807) is 23.0 Å². The summed E-state index contributed by atoms with van der Waals surface area (Å²) in [5.41, 5.74) is 1.32. The van der Waals surface area contributed by atoms with E-state index in [0.29, 0.717) is 19.4 Å². The van der Waals surface area contributed by atoms with Gasteiger partial charge in [-0.1, -0.05) is 0 Å². The highest BCUT2D eigenvalue weighted by Crippen LogP contribution is 2.45. The number of amides is 1. The van der Waals surface area contributed by atoms with E-state index in [9.17, 15) is 24.2 Å². The number of hydrogen-bond acceptors (Lipinski definition) is 3. The third-order valence-electron chi connectivity index (χ3n) is 5.67. The number of benzene rings is 1. The summed E-state index contributed by atoms with van der Waals surface area (Å²) in [7, 11) is 0. The molecule has 1 amide bonds. The Kier molecular flexibility index (Phi) is 3.71. The fourth-order valence-electron chi connectivity index (χ4n) is 4.27. The van der Waals surface area contributed by atoms with Gasteiger partial charge in [0.2, 0.25) is 0 Å². The van der Waals surface area contributed by atoms with Crippen LogP contribution in [0, 0.1) is 17.2 Å². The Hall–Kier alpha value is -2.90. The molecular weight excluding hydrogens is 341 g/mol. The van der Waals surface area contributed by atoms with Crippen LogP contribution in [-0.2, 0) is 17.6 Å². The minimum absolute atomic E-state index is 0.0104. The van der Waals surface area contributed by atoms with Gasteiger partial charge < -0.3 is 15.1 Å². The summed E-state index contributed by atoms with van der Waals surface area (Å²) in [5.74, 6) is -1.46. The molecule has 2 aliphatic rings. The summed E-state index contributed by atoms with van der Waals surface area (Å²) in [5, 5.41) is 23.6. The van der Waals surface area contributed by atoms with Crippen molar-refractivity contribution in [3.8, 4) is 5.69 Å². The minimum atomic E-state index is -1.12. The molecule has 26 heavy (non-hydrogen) atoms. The number of nitrogens with zero attached hydrogens (tertiary/aromatic N) is 3. The Morgan fingerprint density at radius 2 is 1.96 bits per heavy atom. The molecule has 1 saturated heterocycles. The Bertz CT molecular complexity index is 879. The second-order valence-electron chi connectivity index (χ2n) is 7.04. The average molecular weight is 359 g/mol. The molecule has 2 aromatic rings. The van der Waals surface area contributed by atoms with Gasteiger partial charge in [0.1, 0.15) is 5.82 Å². The number of aromatic nitrogens is 2. The number of aliphatic carboxylic acids is 1. The van der Waals surface area contributed by atoms with E-state index >= 15 is 0 Å². The third kappa shape index (κ3) is 2.44. The quantitative estimate of drug-likeness (QED) is 0.857. The van der Waals surface area contributed by atoms with E-state index in [2.05, 4.69) is 5.10 Å². The largest absolute Gasteiger partial charge is 0.481 e. The number of likely N-dealkylation sites (tertiary alicyclic amines) is 1. The molecule has 2 unspecified atom stereocenters. The highest BCUT2D eigenvalue weighted by atomic mass is 19.1. The van der Waals surface area contributed by atoms with E-state index in [0.717, 1.165) is 16.9 Å². The molecule has 2 heterocycles. The van der Waals surface area contributed by atoms with Crippen LogP contribution in [0.4, 0.5) is 9.18 Å². The van der Waals surface area contributed by atoms with E-state index in [-0.39, 0.29) is 24.7 Å². The Balaban J connectivity index is 1.73. The fraction of sp³-hybridized carbons (Fsp3) is 0.389. The molecule has 2 atom stereocenters. The van der Waals surface area contributed by atoms with Crippen LogP contribution in [0.2, 0.25) is 0 Å². The predicted octanol–water partition coefficient (Wildman–Crippen LogP) is 2.18. The molecule has 7 nitrogen and oxygen atoms in total. The predicted molar refractivity (Wildman–Crippen MR) is 88.7 cm³/mol. The molecule has 4 rings (SSSR count). The van der Waals surface area contributed by atoms with Gasteiger partial charge in [-0.25, -0.2) is 13.9 Å². The second kappa shape index (κ2) is 5.82. The molecule has 1 aliphatic heterocycles. The summed E-state index contributed by atoms with van der Waals surface area (Å²) < 4.78 is 14.9. The van der Waals surface area contributed by atoms with Crippen molar-refractivity contribution in [2.45, 2.75) is 19.3 Å². The zero-order chi connectivity index (χ0) is 18.5. The van der Waals surface area contributed by atoms with E-state index in [1.165, 1.54) is 17.0 Å². The van der Waals surface area contributed by atoms with E-state index < -0.39 is 17.5 Å². The number of fused-ring (bicyclic) bond motifs is 2. The van der Waals surface area contributed by atoms with Crippen molar-refractivity contribution >= 4 is 12.1 Å². The van der Waals surface area contributed by atoms with Crippen molar-refractivity contribution in [1.29, 1.82) is 0 Å². The Labute approximate surface area is 148 Å². The molecule has 0 radical (unpaired) electrons. The first-order valence-corrected chi connectivity index (χ1v) is 8.44. The van der Waals surface area contributed by atoms with Crippen LogP contribution >= 0.6 is 0 Å². The van der Waals surface area contributed by atoms with Crippen LogP contribution in [0.1, 0.15) is 17.7 Å². The zero-order valence-electron chi connectivity index (χ0n) is 13.9. The number of halogens is 1. The number of rotatable bonds is 2. The number of carboxylic acids is 1. The molecule has 0 bridgehead atoms. The zero-order valence-corrected chi connectivity index (χ0v) is 13.9. The minimum Gasteiger partial charge on any atom is -0.481 e. The normalized spacial score (nSPS) is 24.7. The topological polar surface area (TPSA) is 95.7 Å². The van der Waals surface area contributed by atoms with Crippen LogP contribution in [0.25, 0.3) is 5.69 Å². The number of hydrogen-bond donors (Lipinski definition) is 2. The first-order valence-electron chi connectivity index (χ1n) is 8.44. The lowest BCUT2D eigenvalue weighted by molar-refractivity contribution is -0.157. The van der Waals surface area contributed by atoms with Crippen LogP contribution in [-0.4, -0.2) is 50.0 Å². The molecule has 136 valence electrons. The van der Waals surface area contributed by atoms with Crippen molar-refractivity contribution in [3.63, 3.8) is 0 Å². The van der Waals surface area contributed by atoms with Crippen molar-refractivity contribution in [2.75, 3.05) is 13.1 Å². The first kappa shape index (κ1) is 16.6. The molecular formula is C18H18FN3O4. The van der Waals surface area contributed by atoms with E-state index in [1.807, 2.05) is 0 Å². The van der Waals surface area contributed by atoms with Crippen molar-refractivity contribution in [3.05, 3.63) is 47.5 Å². The van der Waals surface area contributed by atoms with Crippen molar-refractivity contribution in [2.24, 2.45) is 11.3 Å². The van der Waals surface area contributed by atoms with Gasteiger partial charge in [0.15, 0.2) is 0 Å². The van der Waals surface area contributed by atoms with Crippen LogP contribution in [0.15, 0.2) is 30.5 Å². The summed E-state index contributed by atoms with van der Waals surface area (Å²) in [6.07, 6.45) is 1.79. The molecule has 1 aliphatic carbocycles. The smallest absolute Gasteiger partial charge is 0.407 e. The van der Waals surface area contributed by atoms with Gasteiger partial charge in [-0.2, -0.15) is 5.10 Å². The van der Waals surface area contributed by atoms with Crippen LogP contribution in [0.3, 0.4) is 0 Å². The highest BCUT2D eigenvalue weighted by molar-refractivity contribution is 5.78. The lowest BCUT2D eigenvalue weighted by Gasteiger charge is -2.47. The maximum atomic E-state index is 13.2. The van der Waals surface area contributed by atoms with Gasteiger partial charge in [-0.3, -0.25) is 4.79 Å². The fourth-order valence-corrected chi connectivity index (χ4v) is 4.27. The Morgan fingerprint density at radius 1 is 1.23 bits per heavy atom. The maximum absolute atomic E-state index is 13.2. The van der Waals surface area contributed by atoms with Crippen LogP contribution < -0.4 is 0 Å². The van der Waals surface area contributed by atoms with Crippen molar-refractivity contribution < 1.29 is 24.2 Å². The number of carboxylic acid groups (broad SMARTS) is 2. The summed E-state index contributed by atoms with van der Waals surface area (Å²) in [4.78, 5) is 24.7. The molecule has 0 saturated carbocycles. The second-order valence-corrected chi connectivity index (χ2v) is 7.04. The average Bonchev–Trinajstić information content (AvgIpc) is 3.02. The maximum Gasteiger partial charge on any atom is 0.407 e. The van der Waals surface area contributed by atoms with E-state index in [4.69, 9.17) is 0 Å². The highest BCUT2D eigenvalue weighted by Gasteiger charge is 2.53. The Morgan fingerprint density at radius 3 is 2.62 bits per heavy atom. The van der Waals surface area contributed by atoms with Gasteiger partial charge in [0.05, 0.1) is 17.3 Å². The lowest BCUT2D eigenvalue weighted by atomic mass is 9.62. The van der Waals surface area contributed by atoms with Gasteiger partial charge in [-0.15, -0.1) is 0 Å². The SMILES string of the molecule is O=C(O)N1CCC2Cc3c(cnn3-c3ccc(F)cc3)CC2(C(=O)O)C1. The summed E-state index contributed by atoms with van der Waals surface area (Å²) >= 11 is 0.